The maximum Gasteiger partial charge on any atom is 0.435 e. The van der Waals surface area contributed by atoms with Gasteiger partial charge in [0, 0.05) is 17.8 Å². The lowest BCUT2D eigenvalue weighted by Crippen LogP contribution is -2.16. The van der Waals surface area contributed by atoms with E-state index in [1.807, 2.05) is 6.92 Å². The van der Waals surface area contributed by atoms with E-state index in [4.69, 9.17) is 5.14 Å². The molecule has 0 saturated carbocycles. The number of hydrogen-bond acceptors (Lipinski definition) is 4. The lowest BCUT2D eigenvalue weighted by atomic mass is 10.1. The van der Waals surface area contributed by atoms with Crippen molar-refractivity contribution < 1.29 is 21.6 Å². The summed E-state index contributed by atoms with van der Waals surface area (Å²) in [4.78, 5) is -0.322. The van der Waals surface area contributed by atoms with Gasteiger partial charge >= 0.3 is 6.18 Å². The second-order valence-electron chi connectivity index (χ2n) is 5.94. The largest absolute Gasteiger partial charge is 0.435 e. The maximum atomic E-state index is 13.3. The third-order valence-corrected chi connectivity index (χ3v) is 4.92. The molecule has 0 spiro atoms. The fourth-order valence-electron chi connectivity index (χ4n) is 2.74. The van der Waals surface area contributed by atoms with Crippen molar-refractivity contribution in [3.05, 3.63) is 60.3 Å². The summed E-state index contributed by atoms with van der Waals surface area (Å²) >= 11 is 0. The first-order valence-electron chi connectivity index (χ1n) is 8.25. The first-order chi connectivity index (χ1) is 13.1. The van der Waals surface area contributed by atoms with Crippen LogP contribution in [0, 0.1) is 0 Å². The molecule has 3 rings (SSSR count). The molecule has 0 aliphatic rings. The van der Waals surface area contributed by atoms with E-state index in [2.05, 4.69) is 10.4 Å². The molecule has 0 saturated heterocycles. The highest BCUT2D eigenvalue weighted by Gasteiger charge is 2.35. The first-order valence-corrected chi connectivity index (χ1v) is 9.79. The second-order valence-corrected chi connectivity index (χ2v) is 7.47. The monoisotopic (exact) mass is 410 g/mol. The fraction of sp³-hybridized carbons (Fsp3) is 0.167. The van der Waals surface area contributed by atoms with Crippen molar-refractivity contribution in [2.24, 2.45) is 5.14 Å². The van der Waals surface area contributed by atoms with Crippen LogP contribution in [0.1, 0.15) is 12.6 Å². The van der Waals surface area contributed by atoms with Gasteiger partial charge in [-0.25, -0.2) is 18.2 Å². The number of alkyl halides is 3. The normalized spacial score (nSPS) is 12.2. The van der Waals surface area contributed by atoms with E-state index in [9.17, 15) is 21.6 Å². The summed E-state index contributed by atoms with van der Waals surface area (Å²) in [6.07, 6.45) is -4.69. The summed E-state index contributed by atoms with van der Waals surface area (Å²) in [5.74, 6) is 0. The Morgan fingerprint density at radius 1 is 1.11 bits per heavy atom. The highest BCUT2D eigenvalue weighted by molar-refractivity contribution is 7.89. The van der Waals surface area contributed by atoms with E-state index < -0.39 is 21.9 Å². The first kappa shape index (κ1) is 19.9. The molecular formula is C18H17F3N4O2S. The topological polar surface area (TPSA) is 90.0 Å². The quantitative estimate of drug-likeness (QED) is 0.672. The number of rotatable bonds is 5. The number of nitrogens with two attached hydrogens (primary N) is 1. The van der Waals surface area contributed by atoms with E-state index in [-0.39, 0.29) is 16.3 Å². The Hall–Kier alpha value is -2.85. The van der Waals surface area contributed by atoms with Crippen LogP contribution in [0.4, 0.5) is 18.9 Å². The number of para-hydroxylation sites is 1. The number of nitrogens with zero attached hydrogens (tertiary/aromatic N) is 2. The van der Waals surface area contributed by atoms with Gasteiger partial charge in [-0.05, 0) is 37.3 Å². The number of aromatic nitrogens is 2. The van der Waals surface area contributed by atoms with Crippen LogP contribution >= 0.6 is 0 Å². The van der Waals surface area contributed by atoms with Gasteiger partial charge < -0.3 is 5.32 Å². The molecule has 0 unspecified atom stereocenters. The van der Waals surface area contributed by atoms with Gasteiger partial charge in [0.1, 0.15) is 4.90 Å². The van der Waals surface area contributed by atoms with Gasteiger partial charge in [0.05, 0.1) is 11.4 Å². The highest BCUT2D eigenvalue weighted by Crippen LogP contribution is 2.34. The summed E-state index contributed by atoms with van der Waals surface area (Å²) in [6.45, 7) is 2.61. The van der Waals surface area contributed by atoms with Crippen LogP contribution in [0.15, 0.2) is 59.5 Å². The summed E-state index contributed by atoms with van der Waals surface area (Å²) in [6, 6.07) is 13.1. The minimum Gasteiger partial charge on any atom is -0.385 e. The Morgan fingerprint density at radius 3 is 2.32 bits per heavy atom. The zero-order valence-corrected chi connectivity index (χ0v) is 15.6. The Kier molecular flexibility index (Phi) is 5.18. The molecule has 0 fully saturated rings. The van der Waals surface area contributed by atoms with E-state index >= 15 is 0 Å². The SMILES string of the molecule is CCNc1ccc(-c2cc(C(F)(F)F)nn2-c2ccccc2S(N)(=O)=O)cc1. The minimum atomic E-state index is -4.69. The smallest absolute Gasteiger partial charge is 0.385 e. The van der Waals surface area contributed by atoms with Crippen LogP contribution in [0.25, 0.3) is 16.9 Å². The molecule has 148 valence electrons. The summed E-state index contributed by atoms with van der Waals surface area (Å²) in [5.41, 5.74) is 0.132. The number of nitrogens with one attached hydrogen (secondary N) is 1. The van der Waals surface area contributed by atoms with E-state index in [0.29, 0.717) is 12.1 Å². The van der Waals surface area contributed by atoms with Gasteiger partial charge in [-0.1, -0.05) is 24.3 Å². The average molecular weight is 410 g/mol. The molecule has 0 aliphatic heterocycles. The fourth-order valence-corrected chi connectivity index (χ4v) is 3.46. The van der Waals surface area contributed by atoms with Crippen molar-refractivity contribution >= 4 is 15.7 Å². The van der Waals surface area contributed by atoms with Crippen LogP contribution in [0.3, 0.4) is 0 Å². The third kappa shape index (κ3) is 4.02. The van der Waals surface area contributed by atoms with E-state index in [1.165, 1.54) is 24.3 Å². The standard InChI is InChI=1S/C18H17F3N4O2S/c1-2-23-13-9-7-12(8-10-13)15-11-17(18(19,20)21)24-25(15)14-5-3-4-6-16(14)28(22,26)27/h3-11,23H,2H2,1H3,(H2,22,26,27). The number of halogens is 3. The zero-order valence-electron chi connectivity index (χ0n) is 14.7. The molecule has 0 atom stereocenters. The van der Waals surface area contributed by atoms with Crippen molar-refractivity contribution in [2.75, 3.05) is 11.9 Å². The molecule has 3 aromatic rings. The Morgan fingerprint density at radius 2 is 1.75 bits per heavy atom. The second kappa shape index (κ2) is 7.28. The summed E-state index contributed by atoms with van der Waals surface area (Å²) < 4.78 is 64.6. The van der Waals surface area contributed by atoms with Crippen molar-refractivity contribution in [2.45, 2.75) is 18.0 Å². The van der Waals surface area contributed by atoms with Gasteiger partial charge in [-0.2, -0.15) is 18.3 Å². The summed E-state index contributed by atoms with van der Waals surface area (Å²) in [5, 5.41) is 11.9. The molecular weight excluding hydrogens is 393 g/mol. The number of primary sulfonamides is 1. The minimum absolute atomic E-state index is 0.0636. The molecule has 6 nitrogen and oxygen atoms in total. The predicted molar refractivity (Wildman–Crippen MR) is 99.5 cm³/mol. The number of benzene rings is 2. The Labute approximate surface area is 159 Å². The molecule has 10 heteroatoms. The van der Waals surface area contributed by atoms with Crippen LogP contribution in [-0.2, 0) is 16.2 Å². The predicted octanol–water partition coefficient (Wildman–Crippen LogP) is 3.64. The molecule has 0 aliphatic carbocycles. The van der Waals surface area contributed by atoms with Gasteiger partial charge in [0.15, 0.2) is 5.69 Å². The van der Waals surface area contributed by atoms with Crippen LogP contribution in [0.5, 0.6) is 0 Å². The maximum absolute atomic E-state index is 13.3. The summed E-state index contributed by atoms with van der Waals surface area (Å²) in [7, 11) is -4.17. The average Bonchev–Trinajstić information content (AvgIpc) is 3.07. The molecule has 0 bridgehead atoms. The molecule has 1 aromatic heterocycles. The van der Waals surface area contributed by atoms with Crippen LogP contribution in [0.2, 0.25) is 0 Å². The zero-order chi connectivity index (χ0) is 20.5. The Balaban J connectivity index is 2.23. The van der Waals surface area contributed by atoms with Crippen molar-refractivity contribution in [3.63, 3.8) is 0 Å². The lowest BCUT2D eigenvalue weighted by molar-refractivity contribution is -0.141. The van der Waals surface area contributed by atoms with Crippen molar-refractivity contribution in [3.8, 4) is 16.9 Å². The van der Waals surface area contributed by atoms with E-state index in [1.54, 1.807) is 24.3 Å². The Bertz CT molecular complexity index is 1090. The van der Waals surface area contributed by atoms with Crippen molar-refractivity contribution in [1.82, 2.24) is 9.78 Å². The molecule has 3 N–H and O–H groups in total. The van der Waals surface area contributed by atoms with Crippen LogP contribution < -0.4 is 10.5 Å². The van der Waals surface area contributed by atoms with Gasteiger partial charge in [0.2, 0.25) is 10.0 Å². The molecule has 2 aromatic carbocycles. The van der Waals surface area contributed by atoms with Gasteiger partial charge in [0.25, 0.3) is 0 Å². The third-order valence-electron chi connectivity index (χ3n) is 3.96. The highest BCUT2D eigenvalue weighted by atomic mass is 32.2. The molecule has 0 radical (unpaired) electrons. The van der Waals surface area contributed by atoms with Gasteiger partial charge in [-0.15, -0.1) is 0 Å². The molecule has 0 amide bonds. The van der Waals surface area contributed by atoms with Gasteiger partial charge in [-0.3, -0.25) is 0 Å². The number of hydrogen-bond donors (Lipinski definition) is 2. The van der Waals surface area contributed by atoms with Crippen molar-refractivity contribution in [1.29, 1.82) is 0 Å². The number of anilines is 1. The molecule has 28 heavy (non-hydrogen) atoms. The number of sulfonamides is 1. The lowest BCUT2D eigenvalue weighted by Gasteiger charge is -2.12. The van der Waals surface area contributed by atoms with E-state index in [0.717, 1.165) is 16.4 Å². The molecule has 1 heterocycles. The van der Waals surface area contributed by atoms with Crippen LogP contribution in [-0.4, -0.2) is 24.7 Å².